The summed E-state index contributed by atoms with van der Waals surface area (Å²) in [5, 5.41) is 7.22. The lowest BCUT2D eigenvalue weighted by Gasteiger charge is -2.20. The van der Waals surface area contributed by atoms with E-state index in [0.717, 1.165) is 30.0 Å². The van der Waals surface area contributed by atoms with Crippen LogP contribution in [0.4, 0.5) is 10.2 Å². The highest BCUT2D eigenvalue weighted by Gasteiger charge is 2.29. The minimum atomic E-state index is -0.351. The third kappa shape index (κ3) is 3.79. The first-order valence-corrected chi connectivity index (χ1v) is 10.6. The molecule has 1 aliphatic rings. The van der Waals surface area contributed by atoms with E-state index >= 15 is 0 Å². The van der Waals surface area contributed by atoms with Gasteiger partial charge < -0.3 is 14.6 Å². The van der Waals surface area contributed by atoms with Crippen molar-refractivity contribution in [2.24, 2.45) is 0 Å². The molecule has 1 amide bonds. The van der Waals surface area contributed by atoms with Gasteiger partial charge in [0.1, 0.15) is 18.2 Å². The molecular formula is C22H24FN8O+. The molecule has 0 spiro atoms. The number of nitrogens with one attached hydrogen (secondary N) is 1. The van der Waals surface area contributed by atoms with Crippen molar-refractivity contribution >= 4 is 17.2 Å². The zero-order valence-electron chi connectivity index (χ0n) is 17.9. The van der Waals surface area contributed by atoms with Gasteiger partial charge in [-0.05, 0) is 24.5 Å². The van der Waals surface area contributed by atoms with E-state index in [1.54, 1.807) is 0 Å². The Morgan fingerprint density at radius 1 is 1.28 bits per heavy atom. The molecule has 0 aliphatic carbocycles. The smallest absolute Gasteiger partial charge is 0.353 e. The number of rotatable bonds is 5. The summed E-state index contributed by atoms with van der Waals surface area (Å²) in [5.74, 6) is 0.632. The number of carbonyl (C=O) groups is 1. The quantitative estimate of drug-likeness (QED) is 0.484. The van der Waals surface area contributed by atoms with Crippen LogP contribution in [0, 0.1) is 5.82 Å². The average Bonchev–Trinajstić information content (AvgIpc) is 3.54. The minimum absolute atomic E-state index is 0.0348. The molecule has 4 aromatic rings. The van der Waals surface area contributed by atoms with Gasteiger partial charge in [0, 0.05) is 48.4 Å². The number of amides is 1. The van der Waals surface area contributed by atoms with Gasteiger partial charge in [-0.25, -0.2) is 9.37 Å². The van der Waals surface area contributed by atoms with E-state index < -0.39 is 0 Å². The summed E-state index contributed by atoms with van der Waals surface area (Å²) >= 11 is 0. The molecule has 164 valence electrons. The van der Waals surface area contributed by atoms with E-state index in [9.17, 15) is 9.18 Å². The number of hydrogen-bond acceptors (Lipinski definition) is 5. The van der Waals surface area contributed by atoms with Crippen molar-refractivity contribution in [2.45, 2.75) is 32.2 Å². The van der Waals surface area contributed by atoms with Gasteiger partial charge in [0.2, 0.25) is 0 Å². The monoisotopic (exact) mass is 435 g/mol. The highest BCUT2D eigenvalue weighted by Crippen LogP contribution is 2.26. The number of anilines is 1. The van der Waals surface area contributed by atoms with E-state index in [4.69, 9.17) is 4.98 Å². The normalized spacial score (nSPS) is 16.2. The molecule has 0 bridgehead atoms. The zero-order valence-corrected chi connectivity index (χ0v) is 17.9. The van der Waals surface area contributed by atoms with Crippen molar-refractivity contribution in [2.75, 3.05) is 18.0 Å². The minimum Gasteiger partial charge on any atom is -0.353 e. The lowest BCUT2D eigenvalue weighted by Crippen LogP contribution is -2.42. The number of halogens is 1. The van der Waals surface area contributed by atoms with Gasteiger partial charge >= 0.3 is 11.7 Å². The topological polar surface area (TPSA) is 84.2 Å². The van der Waals surface area contributed by atoms with E-state index in [-0.39, 0.29) is 23.6 Å². The van der Waals surface area contributed by atoms with Crippen LogP contribution in [0.2, 0.25) is 0 Å². The van der Waals surface area contributed by atoms with E-state index in [2.05, 4.69) is 50.8 Å². The number of fused-ring (bicyclic) bond motifs is 1. The van der Waals surface area contributed by atoms with E-state index in [1.165, 1.54) is 40.3 Å². The standard InChI is InChI=1S/C22H23FN8O/c1-15(2)18-13-28-8-3-4-19(28)21(26-18)29-9-7-17(12-29)25-22(32)20-24-14-31(27-20)30-10-5-16(23)6-11-30/h3-6,8,10-11,13-15,17H,7,9,12H2,1-2H3/p+1/t17-/m0/s1. The highest BCUT2D eigenvalue weighted by molar-refractivity contribution is 5.90. The van der Waals surface area contributed by atoms with Crippen LogP contribution in [-0.2, 0) is 0 Å². The van der Waals surface area contributed by atoms with Crippen molar-refractivity contribution in [3.8, 4) is 0 Å². The lowest BCUT2D eigenvalue weighted by atomic mass is 10.1. The number of hydrogen-bond donors (Lipinski definition) is 1. The Hall–Kier alpha value is -3.82. The van der Waals surface area contributed by atoms with Gasteiger partial charge in [0.05, 0.1) is 16.3 Å². The van der Waals surface area contributed by atoms with Crippen molar-refractivity contribution in [1.29, 1.82) is 0 Å². The Kier molecular flexibility index (Phi) is 5.04. The molecular weight excluding hydrogens is 411 g/mol. The van der Waals surface area contributed by atoms with Crippen LogP contribution in [0.15, 0.2) is 55.4 Å². The third-order valence-electron chi connectivity index (χ3n) is 5.62. The summed E-state index contributed by atoms with van der Waals surface area (Å²) < 4.78 is 16.7. The maximum absolute atomic E-state index is 13.1. The summed E-state index contributed by atoms with van der Waals surface area (Å²) in [7, 11) is 0. The molecule has 0 saturated carbocycles. The number of aromatic nitrogens is 6. The Labute approximate surface area is 184 Å². The molecule has 1 saturated heterocycles. The number of nitrogens with zero attached hydrogens (tertiary/aromatic N) is 7. The first-order valence-electron chi connectivity index (χ1n) is 10.6. The van der Waals surface area contributed by atoms with Gasteiger partial charge in [0.25, 0.3) is 0 Å². The second-order valence-corrected chi connectivity index (χ2v) is 8.23. The van der Waals surface area contributed by atoms with Crippen molar-refractivity contribution in [1.82, 2.24) is 29.6 Å². The number of pyridine rings is 1. The highest BCUT2D eigenvalue weighted by atomic mass is 19.1. The molecule has 32 heavy (non-hydrogen) atoms. The van der Waals surface area contributed by atoms with Gasteiger partial charge in [-0.3, -0.25) is 4.79 Å². The summed E-state index contributed by atoms with van der Waals surface area (Å²) in [6.45, 7) is 5.72. The third-order valence-corrected chi connectivity index (χ3v) is 5.62. The van der Waals surface area contributed by atoms with Crippen molar-refractivity contribution < 1.29 is 13.9 Å². The molecule has 5 heterocycles. The molecule has 4 aromatic heterocycles. The summed E-state index contributed by atoms with van der Waals surface area (Å²) in [5.41, 5.74) is 2.09. The fraction of sp³-hybridized carbons (Fsp3) is 0.318. The fourth-order valence-electron chi connectivity index (χ4n) is 3.89. The average molecular weight is 435 g/mol. The SMILES string of the molecule is CC(C)c1cn2cccc2c(N2CC[C@H](NC(=O)c3ncn(-[n+]4ccc(F)cc4)n3)C2)n1. The van der Waals surface area contributed by atoms with E-state index in [0.29, 0.717) is 12.5 Å². The molecule has 1 atom stereocenters. The van der Waals surface area contributed by atoms with Crippen LogP contribution in [0.3, 0.4) is 0 Å². The molecule has 5 rings (SSSR count). The Bertz CT molecular complexity index is 1260. The maximum Gasteiger partial charge on any atom is 0.359 e. The van der Waals surface area contributed by atoms with Gasteiger partial charge in [0.15, 0.2) is 12.1 Å². The lowest BCUT2D eigenvalue weighted by molar-refractivity contribution is -0.736. The molecule has 10 heteroatoms. The van der Waals surface area contributed by atoms with Crippen LogP contribution in [0.1, 0.15) is 42.5 Å². The van der Waals surface area contributed by atoms with Crippen molar-refractivity contribution in [3.63, 3.8) is 0 Å². The molecule has 1 fully saturated rings. The maximum atomic E-state index is 13.1. The first kappa shape index (κ1) is 20.1. The summed E-state index contributed by atoms with van der Waals surface area (Å²) in [6, 6.07) is 6.65. The Morgan fingerprint density at radius 2 is 2.09 bits per heavy atom. The predicted octanol–water partition coefficient (Wildman–Crippen LogP) is 1.80. The largest absolute Gasteiger partial charge is 0.359 e. The van der Waals surface area contributed by atoms with Crippen LogP contribution in [0.5, 0.6) is 0 Å². The van der Waals surface area contributed by atoms with Gasteiger partial charge in [-0.2, -0.15) is 4.98 Å². The van der Waals surface area contributed by atoms with Crippen LogP contribution in [0.25, 0.3) is 5.52 Å². The second kappa shape index (κ2) is 8.03. The van der Waals surface area contributed by atoms with Crippen LogP contribution < -0.4 is 14.9 Å². The molecule has 1 aliphatic heterocycles. The first-order chi connectivity index (χ1) is 15.5. The van der Waals surface area contributed by atoms with Gasteiger partial charge in [-0.15, -0.1) is 4.68 Å². The summed E-state index contributed by atoms with van der Waals surface area (Å²) in [6.07, 6.45) is 9.32. The number of carbonyl (C=O) groups excluding carboxylic acids is 1. The molecule has 1 N–H and O–H groups in total. The summed E-state index contributed by atoms with van der Waals surface area (Å²) in [4.78, 5) is 25.3. The van der Waals surface area contributed by atoms with Crippen LogP contribution >= 0.6 is 0 Å². The van der Waals surface area contributed by atoms with Gasteiger partial charge in [-0.1, -0.05) is 13.8 Å². The second-order valence-electron chi connectivity index (χ2n) is 8.23. The Balaban J connectivity index is 1.29. The van der Waals surface area contributed by atoms with E-state index in [1.807, 2.05) is 12.3 Å². The zero-order chi connectivity index (χ0) is 22.2. The molecule has 0 aromatic carbocycles. The molecule has 0 radical (unpaired) electrons. The fourth-order valence-corrected chi connectivity index (χ4v) is 3.89. The molecule has 0 unspecified atom stereocenters. The Morgan fingerprint density at radius 3 is 2.88 bits per heavy atom. The molecule has 9 nitrogen and oxygen atoms in total. The van der Waals surface area contributed by atoms with Crippen molar-refractivity contribution in [3.05, 3.63) is 72.7 Å². The predicted molar refractivity (Wildman–Crippen MR) is 115 cm³/mol. The van der Waals surface area contributed by atoms with Crippen LogP contribution in [-0.4, -0.2) is 49.3 Å².